The van der Waals surface area contributed by atoms with Gasteiger partial charge in [0.1, 0.15) is 5.60 Å². The van der Waals surface area contributed by atoms with Crippen molar-refractivity contribution in [1.29, 1.82) is 0 Å². The predicted molar refractivity (Wildman–Crippen MR) is 108 cm³/mol. The molecule has 1 rings (SSSR count). The fourth-order valence-electron chi connectivity index (χ4n) is 2.09. The summed E-state index contributed by atoms with van der Waals surface area (Å²) in [5, 5.41) is 5.19. The third-order valence-corrected chi connectivity index (χ3v) is 3.45. The molecule has 0 radical (unpaired) electrons. The largest absolute Gasteiger partial charge is 0.452 e. The number of ether oxygens (including phenoxy) is 2. The van der Waals surface area contributed by atoms with Crippen LogP contribution in [0, 0.1) is 0 Å². The lowest BCUT2D eigenvalue weighted by molar-refractivity contribution is -0.137. The maximum atomic E-state index is 12.2. The third-order valence-electron chi connectivity index (χ3n) is 3.45. The van der Waals surface area contributed by atoms with Crippen molar-refractivity contribution >= 4 is 29.6 Å². The topological polar surface area (TPSA) is 114 Å². The van der Waals surface area contributed by atoms with Crippen LogP contribution in [0.4, 0.5) is 10.5 Å². The number of nitrogens with zero attached hydrogens (tertiary/aromatic N) is 1. The van der Waals surface area contributed by atoms with Gasteiger partial charge >= 0.3 is 12.1 Å². The van der Waals surface area contributed by atoms with E-state index in [9.17, 15) is 19.2 Å². The van der Waals surface area contributed by atoms with E-state index in [1.165, 1.54) is 24.1 Å². The lowest BCUT2D eigenvalue weighted by Gasteiger charge is -2.19. The van der Waals surface area contributed by atoms with Crippen molar-refractivity contribution in [2.45, 2.75) is 39.7 Å². The van der Waals surface area contributed by atoms with Gasteiger partial charge in [0, 0.05) is 19.3 Å². The number of hydrogen-bond donors (Lipinski definition) is 2. The van der Waals surface area contributed by atoms with E-state index in [1.807, 2.05) is 6.92 Å². The van der Waals surface area contributed by atoms with Crippen molar-refractivity contribution in [2.75, 3.05) is 32.1 Å². The quantitative estimate of drug-likeness (QED) is 0.639. The number of likely N-dealkylation sites (N-methyl/N-ethyl adjacent to an activating group) is 1. The summed E-state index contributed by atoms with van der Waals surface area (Å²) in [5.41, 5.74) is -0.139. The van der Waals surface area contributed by atoms with Gasteiger partial charge in [0.05, 0.1) is 12.1 Å². The van der Waals surface area contributed by atoms with Gasteiger partial charge < -0.3 is 19.7 Å². The van der Waals surface area contributed by atoms with E-state index in [4.69, 9.17) is 9.47 Å². The van der Waals surface area contributed by atoms with Gasteiger partial charge in [0.15, 0.2) is 6.61 Å². The molecule has 0 aliphatic carbocycles. The zero-order chi connectivity index (χ0) is 22.0. The fourth-order valence-corrected chi connectivity index (χ4v) is 2.09. The molecule has 0 fully saturated rings. The highest BCUT2D eigenvalue weighted by atomic mass is 16.6. The molecular formula is C20H29N3O6. The van der Waals surface area contributed by atoms with Crippen molar-refractivity contribution in [3.05, 3.63) is 29.8 Å². The lowest BCUT2D eigenvalue weighted by atomic mass is 10.2. The molecule has 0 spiro atoms. The molecule has 0 aromatic heterocycles. The number of anilines is 1. The van der Waals surface area contributed by atoms with Gasteiger partial charge in [-0.2, -0.15) is 0 Å². The van der Waals surface area contributed by atoms with Crippen LogP contribution >= 0.6 is 0 Å². The van der Waals surface area contributed by atoms with Gasteiger partial charge in [0.2, 0.25) is 5.91 Å². The number of benzene rings is 1. The maximum absolute atomic E-state index is 12.2. The summed E-state index contributed by atoms with van der Waals surface area (Å²) in [6.45, 7) is 7.05. The number of hydrogen-bond acceptors (Lipinski definition) is 6. The summed E-state index contributed by atoms with van der Waals surface area (Å²) in [6.07, 6.45) is 0.143. The third kappa shape index (κ3) is 9.59. The standard InChI is InChI=1S/C20H29N3O6/c1-6-10-21-16(24)12-23(5)17(25)13-28-18(26)14-8-7-9-15(11-14)22-19(27)29-20(2,3)4/h7-9,11H,6,10,12-13H2,1-5H3,(H,21,24)(H,22,27). The van der Waals surface area contributed by atoms with Crippen LogP contribution in [0.1, 0.15) is 44.5 Å². The molecular weight excluding hydrogens is 378 g/mol. The first-order valence-corrected chi connectivity index (χ1v) is 9.29. The minimum absolute atomic E-state index is 0.119. The van der Waals surface area contributed by atoms with E-state index in [2.05, 4.69) is 10.6 Å². The molecule has 1 aromatic carbocycles. The molecule has 0 heterocycles. The molecule has 0 saturated carbocycles. The van der Waals surface area contributed by atoms with E-state index in [0.29, 0.717) is 12.2 Å². The van der Waals surface area contributed by atoms with Crippen molar-refractivity contribution in [2.24, 2.45) is 0 Å². The smallest absolute Gasteiger partial charge is 0.412 e. The summed E-state index contributed by atoms with van der Waals surface area (Å²) in [5.74, 6) is -1.52. The molecule has 0 bridgehead atoms. The SMILES string of the molecule is CCCNC(=O)CN(C)C(=O)COC(=O)c1cccc(NC(=O)OC(C)(C)C)c1. The van der Waals surface area contributed by atoms with Crippen molar-refractivity contribution < 1.29 is 28.7 Å². The zero-order valence-electron chi connectivity index (χ0n) is 17.5. The predicted octanol–water partition coefficient (Wildman–Crippen LogP) is 2.17. The average molecular weight is 407 g/mol. The Labute approximate surface area is 170 Å². The molecule has 2 N–H and O–H groups in total. The van der Waals surface area contributed by atoms with Crippen LogP contribution in [0.5, 0.6) is 0 Å². The highest BCUT2D eigenvalue weighted by Gasteiger charge is 2.18. The van der Waals surface area contributed by atoms with Gasteiger partial charge in [-0.1, -0.05) is 13.0 Å². The Morgan fingerprint density at radius 2 is 1.83 bits per heavy atom. The van der Waals surface area contributed by atoms with E-state index in [0.717, 1.165) is 6.42 Å². The number of carbonyl (C=O) groups is 4. The Bertz CT molecular complexity index is 742. The van der Waals surface area contributed by atoms with E-state index in [1.54, 1.807) is 32.9 Å². The summed E-state index contributed by atoms with van der Waals surface area (Å²) in [4.78, 5) is 48.8. The van der Waals surface area contributed by atoms with Crippen LogP contribution in [0.2, 0.25) is 0 Å². The second kappa shape index (κ2) is 11.0. The van der Waals surface area contributed by atoms with Gasteiger partial charge in [-0.3, -0.25) is 14.9 Å². The van der Waals surface area contributed by atoms with Crippen molar-refractivity contribution in [3.8, 4) is 0 Å². The van der Waals surface area contributed by atoms with E-state index in [-0.39, 0.29) is 18.0 Å². The molecule has 9 nitrogen and oxygen atoms in total. The van der Waals surface area contributed by atoms with Gasteiger partial charge in [-0.15, -0.1) is 0 Å². The lowest BCUT2D eigenvalue weighted by Crippen LogP contribution is -2.40. The molecule has 0 unspecified atom stereocenters. The number of amides is 3. The molecule has 0 atom stereocenters. The van der Waals surface area contributed by atoms with Crippen LogP contribution in [-0.4, -0.2) is 61.1 Å². The maximum Gasteiger partial charge on any atom is 0.412 e. The van der Waals surface area contributed by atoms with Gasteiger partial charge in [0.25, 0.3) is 5.91 Å². The van der Waals surface area contributed by atoms with Crippen molar-refractivity contribution in [3.63, 3.8) is 0 Å². The van der Waals surface area contributed by atoms with Crippen LogP contribution in [0.3, 0.4) is 0 Å². The second-order valence-corrected chi connectivity index (χ2v) is 7.38. The minimum atomic E-state index is -0.727. The van der Waals surface area contributed by atoms with Crippen LogP contribution in [-0.2, 0) is 19.1 Å². The van der Waals surface area contributed by atoms with Gasteiger partial charge in [-0.05, 0) is 45.4 Å². The first kappa shape index (κ1) is 23.9. The Morgan fingerprint density at radius 1 is 1.14 bits per heavy atom. The molecule has 29 heavy (non-hydrogen) atoms. The first-order valence-electron chi connectivity index (χ1n) is 9.29. The minimum Gasteiger partial charge on any atom is -0.452 e. The summed E-state index contributed by atoms with van der Waals surface area (Å²) < 4.78 is 10.2. The van der Waals surface area contributed by atoms with E-state index < -0.39 is 30.2 Å². The monoisotopic (exact) mass is 407 g/mol. The molecule has 160 valence electrons. The first-order chi connectivity index (χ1) is 13.5. The molecule has 9 heteroatoms. The number of carbonyl (C=O) groups excluding carboxylic acids is 4. The fraction of sp³-hybridized carbons (Fsp3) is 0.500. The van der Waals surface area contributed by atoms with Crippen LogP contribution in [0.25, 0.3) is 0 Å². The highest BCUT2D eigenvalue weighted by Crippen LogP contribution is 2.14. The Hall–Kier alpha value is -3.10. The zero-order valence-corrected chi connectivity index (χ0v) is 17.5. The number of esters is 1. The number of rotatable bonds is 8. The molecule has 0 saturated heterocycles. The number of nitrogens with one attached hydrogen (secondary N) is 2. The Kier molecular flexibility index (Phi) is 9.11. The Morgan fingerprint density at radius 3 is 2.45 bits per heavy atom. The second-order valence-electron chi connectivity index (χ2n) is 7.38. The van der Waals surface area contributed by atoms with E-state index >= 15 is 0 Å². The Balaban J connectivity index is 2.56. The summed E-state index contributed by atoms with van der Waals surface area (Å²) in [6, 6.07) is 6.07. The normalized spacial score (nSPS) is 10.7. The summed E-state index contributed by atoms with van der Waals surface area (Å²) in [7, 11) is 1.45. The van der Waals surface area contributed by atoms with Crippen molar-refractivity contribution in [1.82, 2.24) is 10.2 Å². The molecule has 0 aliphatic heterocycles. The molecule has 1 aromatic rings. The van der Waals surface area contributed by atoms with Gasteiger partial charge in [-0.25, -0.2) is 9.59 Å². The molecule has 0 aliphatic rings. The average Bonchev–Trinajstić information content (AvgIpc) is 2.62. The van der Waals surface area contributed by atoms with Crippen LogP contribution < -0.4 is 10.6 Å². The highest BCUT2D eigenvalue weighted by molar-refractivity contribution is 5.94. The summed E-state index contributed by atoms with van der Waals surface area (Å²) >= 11 is 0. The molecule has 3 amide bonds. The van der Waals surface area contributed by atoms with Crippen LogP contribution in [0.15, 0.2) is 24.3 Å².